The van der Waals surface area contributed by atoms with Gasteiger partial charge < -0.3 is 14.4 Å². The maximum atomic E-state index is 13.2. The van der Waals surface area contributed by atoms with Gasteiger partial charge in [0, 0.05) is 39.3 Å². The highest BCUT2D eigenvalue weighted by Crippen LogP contribution is 2.32. The van der Waals surface area contributed by atoms with E-state index in [1.54, 1.807) is 0 Å². The highest BCUT2D eigenvalue weighted by atomic mass is 16.5. The molecular formula is C21H27N3O4. The van der Waals surface area contributed by atoms with Crippen LogP contribution < -0.4 is 0 Å². The van der Waals surface area contributed by atoms with E-state index in [0.717, 1.165) is 44.8 Å². The Morgan fingerprint density at radius 3 is 2.11 bits per heavy atom. The van der Waals surface area contributed by atoms with E-state index in [9.17, 15) is 9.59 Å². The molecule has 0 unspecified atom stereocenters. The molecule has 150 valence electrons. The van der Waals surface area contributed by atoms with Crippen LogP contribution >= 0.6 is 0 Å². The average molecular weight is 385 g/mol. The second kappa shape index (κ2) is 8.86. The molecule has 2 fully saturated rings. The minimum Gasteiger partial charge on any atom is -0.379 e. The van der Waals surface area contributed by atoms with Gasteiger partial charge in [0.2, 0.25) is 0 Å². The number of carbonyl (C=O) groups excluding carboxylic acids is 2. The number of benzene rings is 1. The summed E-state index contributed by atoms with van der Waals surface area (Å²) in [5.74, 6) is -0.354. The molecule has 3 aliphatic heterocycles. The molecule has 0 N–H and O–H groups in total. The first kappa shape index (κ1) is 19.1. The first-order valence-electron chi connectivity index (χ1n) is 10.0. The number of nitrogens with zero attached hydrogens (tertiary/aromatic N) is 3. The van der Waals surface area contributed by atoms with Crippen molar-refractivity contribution >= 4 is 17.4 Å². The van der Waals surface area contributed by atoms with Gasteiger partial charge in [-0.15, -0.1) is 0 Å². The van der Waals surface area contributed by atoms with Gasteiger partial charge in [0.25, 0.3) is 11.8 Å². The zero-order chi connectivity index (χ0) is 19.3. The fourth-order valence-corrected chi connectivity index (χ4v) is 3.99. The summed E-state index contributed by atoms with van der Waals surface area (Å²) in [5, 5.41) is 0. The van der Waals surface area contributed by atoms with E-state index < -0.39 is 0 Å². The van der Waals surface area contributed by atoms with Crippen LogP contribution in [0.1, 0.15) is 12.0 Å². The number of ether oxygens (including phenoxy) is 2. The number of carbonyl (C=O) groups is 2. The quantitative estimate of drug-likeness (QED) is 0.676. The molecule has 28 heavy (non-hydrogen) atoms. The number of amides is 2. The number of rotatable bonds is 6. The molecule has 3 aliphatic rings. The molecule has 0 spiro atoms. The Bertz CT molecular complexity index is 737. The maximum Gasteiger partial charge on any atom is 0.277 e. The Morgan fingerprint density at radius 1 is 0.786 bits per heavy atom. The van der Waals surface area contributed by atoms with E-state index in [1.165, 1.54) is 4.90 Å². The van der Waals surface area contributed by atoms with Crippen molar-refractivity contribution in [3.8, 4) is 0 Å². The number of hydrogen-bond acceptors (Lipinski definition) is 6. The third-order valence-electron chi connectivity index (χ3n) is 5.49. The van der Waals surface area contributed by atoms with Crippen molar-refractivity contribution in [2.24, 2.45) is 0 Å². The van der Waals surface area contributed by atoms with Crippen molar-refractivity contribution in [3.63, 3.8) is 0 Å². The summed E-state index contributed by atoms with van der Waals surface area (Å²) >= 11 is 0. The van der Waals surface area contributed by atoms with Gasteiger partial charge in [0.1, 0.15) is 5.70 Å². The standard InChI is InChI=1S/C21H27N3O4/c25-20-18(17-5-2-1-3-6-17)19(23-11-15-28-16-12-23)21(26)24(20)8-4-7-22-9-13-27-14-10-22/h1-3,5-6H,4,7-16H2. The summed E-state index contributed by atoms with van der Waals surface area (Å²) in [5.41, 5.74) is 1.86. The molecule has 0 saturated carbocycles. The average Bonchev–Trinajstić information content (AvgIpc) is 3.00. The van der Waals surface area contributed by atoms with E-state index in [0.29, 0.717) is 44.1 Å². The first-order valence-corrected chi connectivity index (χ1v) is 10.0. The van der Waals surface area contributed by atoms with Crippen molar-refractivity contribution in [2.45, 2.75) is 6.42 Å². The molecular weight excluding hydrogens is 358 g/mol. The lowest BCUT2D eigenvalue weighted by Crippen LogP contribution is -2.41. The fourth-order valence-electron chi connectivity index (χ4n) is 3.99. The van der Waals surface area contributed by atoms with Gasteiger partial charge >= 0.3 is 0 Å². The van der Waals surface area contributed by atoms with Crippen LogP contribution in [0.25, 0.3) is 5.57 Å². The Morgan fingerprint density at radius 2 is 1.43 bits per heavy atom. The summed E-state index contributed by atoms with van der Waals surface area (Å²) in [6.45, 7) is 7.05. The highest BCUT2D eigenvalue weighted by Gasteiger charge is 2.41. The molecule has 3 heterocycles. The van der Waals surface area contributed by atoms with Crippen LogP contribution in [0.5, 0.6) is 0 Å². The molecule has 1 aromatic rings. The molecule has 2 amide bonds. The second-order valence-corrected chi connectivity index (χ2v) is 7.26. The Hall–Kier alpha value is -2.22. The van der Waals surface area contributed by atoms with E-state index in [2.05, 4.69) is 4.90 Å². The summed E-state index contributed by atoms with van der Waals surface area (Å²) < 4.78 is 10.8. The summed E-state index contributed by atoms with van der Waals surface area (Å²) in [4.78, 5) is 32.2. The zero-order valence-electron chi connectivity index (χ0n) is 16.1. The summed E-state index contributed by atoms with van der Waals surface area (Å²) in [7, 11) is 0. The van der Waals surface area contributed by atoms with Crippen molar-refractivity contribution in [1.82, 2.24) is 14.7 Å². The minimum absolute atomic E-state index is 0.173. The zero-order valence-corrected chi connectivity index (χ0v) is 16.1. The Labute approximate surface area is 165 Å². The SMILES string of the molecule is O=C1C(c2ccccc2)=C(N2CCOCC2)C(=O)N1CCCN1CCOCC1. The number of hydrogen-bond donors (Lipinski definition) is 0. The van der Waals surface area contributed by atoms with Gasteiger partial charge in [-0.2, -0.15) is 0 Å². The highest BCUT2D eigenvalue weighted by molar-refractivity contribution is 6.35. The predicted molar refractivity (Wildman–Crippen MR) is 104 cm³/mol. The van der Waals surface area contributed by atoms with Crippen molar-refractivity contribution < 1.29 is 19.1 Å². The maximum absolute atomic E-state index is 13.2. The molecule has 0 radical (unpaired) electrons. The van der Waals surface area contributed by atoms with Crippen molar-refractivity contribution in [2.75, 3.05) is 65.7 Å². The van der Waals surface area contributed by atoms with Crippen LogP contribution in [0.2, 0.25) is 0 Å². The first-order chi connectivity index (χ1) is 13.8. The van der Waals surface area contributed by atoms with Crippen LogP contribution in [0.3, 0.4) is 0 Å². The van der Waals surface area contributed by atoms with Crippen LogP contribution in [0, 0.1) is 0 Å². The molecule has 2 saturated heterocycles. The number of imide groups is 1. The lowest BCUT2D eigenvalue weighted by molar-refractivity contribution is -0.138. The topological polar surface area (TPSA) is 62.3 Å². The summed E-state index contributed by atoms with van der Waals surface area (Å²) in [6.07, 6.45) is 0.774. The lowest BCUT2D eigenvalue weighted by Gasteiger charge is -2.30. The lowest BCUT2D eigenvalue weighted by atomic mass is 10.0. The minimum atomic E-state index is -0.181. The third-order valence-corrected chi connectivity index (χ3v) is 5.49. The van der Waals surface area contributed by atoms with E-state index in [4.69, 9.17) is 9.47 Å². The van der Waals surface area contributed by atoms with Crippen LogP contribution in [-0.4, -0.2) is 92.2 Å². The fraction of sp³-hybridized carbons (Fsp3) is 0.524. The predicted octanol–water partition coefficient (Wildman–Crippen LogP) is 0.821. The van der Waals surface area contributed by atoms with Gasteiger partial charge in [0.15, 0.2) is 0 Å². The Balaban J connectivity index is 1.51. The van der Waals surface area contributed by atoms with E-state index in [1.807, 2.05) is 35.2 Å². The summed E-state index contributed by atoms with van der Waals surface area (Å²) in [6, 6.07) is 9.52. The molecule has 1 aromatic carbocycles. The van der Waals surface area contributed by atoms with Crippen LogP contribution in [0.15, 0.2) is 36.0 Å². The van der Waals surface area contributed by atoms with Gasteiger partial charge in [0.05, 0.1) is 32.0 Å². The van der Waals surface area contributed by atoms with Crippen LogP contribution in [-0.2, 0) is 19.1 Å². The smallest absolute Gasteiger partial charge is 0.277 e. The molecule has 7 nitrogen and oxygen atoms in total. The normalized spacial score (nSPS) is 21.7. The second-order valence-electron chi connectivity index (χ2n) is 7.26. The van der Waals surface area contributed by atoms with Crippen molar-refractivity contribution in [3.05, 3.63) is 41.6 Å². The number of morpholine rings is 2. The van der Waals surface area contributed by atoms with E-state index >= 15 is 0 Å². The largest absolute Gasteiger partial charge is 0.379 e. The molecule has 0 aromatic heterocycles. The van der Waals surface area contributed by atoms with Gasteiger partial charge in [-0.05, 0) is 12.0 Å². The Kier molecular flexibility index (Phi) is 6.04. The molecule has 0 aliphatic carbocycles. The van der Waals surface area contributed by atoms with Gasteiger partial charge in [-0.1, -0.05) is 30.3 Å². The third kappa shape index (κ3) is 3.97. The van der Waals surface area contributed by atoms with Crippen LogP contribution in [0.4, 0.5) is 0 Å². The monoisotopic (exact) mass is 385 g/mol. The van der Waals surface area contributed by atoms with E-state index in [-0.39, 0.29) is 11.8 Å². The van der Waals surface area contributed by atoms with Gasteiger partial charge in [-0.25, -0.2) is 0 Å². The molecule has 0 bridgehead atoms. The van der Waals surface area contributed by atoms with Crippen molar-refractivity contribution in [1.29, 1.82) is 0 Å². The van der Waals surface area contributed by atoms with Gasteiger partial charge in [-0.3, -0.25) is 19.4 Å². The molecule has 7 heteroatoms. The molecule has 0 atom stereocenters. The molecule has 4 rings (SSSR count).